The van der Waals surface area contributed by atoms with E-state index in [0.29, 0.717) is 0 Å². The summed E-state index contributed by atoms with van der Waals surface area (Å²) in [6.45, 7) is 4.11. The van der Waals surface area contributed by atoms with Crippen LogP contribution in [0.2, 0.25) is 0 Å². The number of anilines is 1. The Bertz CT molecular complexity index is 610. The van der Waals surface area contributed by atoms with Gasteiger partial charge in [-0.15, -0.1) is 0 Å². The number of hydrogen-bond donors (Lipinski definition) is 2. The predicted octanol–water partition coefficient (Wildman–Crippen LogP) is 4.74. The number of nitrogens with one attached hydrogen (secondary N) is 2. The van der Waals surface area contributed by atoms with E-state index in [1.807, 2.05) is 31.2 Å². The van der Waals surface area contributed by atoms with Gasteiger partial charge in [0.05, 0.1) is 11.7 Å². The molecule has 0 aliphatic rings. The first-order valence-electron chi connectivity index (χ1n) is 7.01. The summed E-state index contributed by atoms with van der Waals surface area (Å²) in [6.07, 6.45) is 1.02. The van der Waals surface area contributed by atoms with Crippen LogP contribution in [0.25, 0.3) is 0 Å². The third-order valence-electron chi connectivity index (χ3n) is 3.36. The zero-order valence-corrected chi connectivity index (χ0v) is 14.3. The average molecular weight is 394 g/mol. The van der Waals surface area contributed by atoms with E-state index in [1.165, 1.54) is 5.56 Å². The molecule has 0 saturated carbocycles. The number of rotatable bonds is 4. The molecule has 1 atom stereocenters. The number of carbonyl (C=O) groups is 1. The van der Waals surface area contributed by atoms with Crippen molar-refractivity contribution in [2.75, 3.05) is 5.32 Å². The maximum Gasteiger partial charge on any atom is 0.319 e. The van der Waals surface area contributed by atoms with Gasteiger partial charge < -0.3 is 10.6 Å². The van der Waals surface area contributed by atoms with Gasteiger partial charge in [0.1, 0.15) is 0 Å². The van der Waals surface area contributed by atoms with Crippen LogP contribution in [-0.4, -0.2) is 6.03 Å². The van der Waals surface area contributed by atoms with Crippen molar-refractivity contribution in [3.8, 4) is 0 Å². The van der Waals surface area contributed by atoms with Gasteiger partial charge in [0.2, 0.25) is 0 Å². The van der Waals surface area contributed by atoms with Crippen molar-refractivity contribution < 1.29 is 4.79 Å². The fourth-order valence-corrected chi connectivity index (χ4v) is 2.57. The summed E-state index contributed by atoms with van der Waals surface area (Å²) in [4.78, 5) is 12.0. The third kappa shape index (κ3) is 4.46. The molecule has 0 aromatic heterocycles. The van der Waals surface area contributed by atoms with Crippen molar-refractivity contribution in [3.63, 3.8) is 0 Å². The zero-order valence-electron chi connectivity index (χ0n) is 12.2. The fraction of sp³-hybridized carbons (Fsp3) is 0.235. The van der Waals surface area contributed by atoms with Crippen molar-refractivity contribution in [1.82, 2.24) is 5.32 Å². The van der Waals surface area contributed by atoms with Crippen LogP contribution in [-0.2, 0) is 6.42 Å². The standard InChI is InChI=1S/C17H19IN2O/c1-3-13-8-10-14(11-9-13)12(2)19-17(21)20-16-7-5-4-6-15(16)18/h4-12H,3H2,1-2H3,(H2,19,20,21). The minimum absolute atomic E-state index is 0.0303. The van der Waals surface area contributed by atoms with E-state index in [4.69, 9.17) is 0 Å². The molecule has 0 radical (unpaired) electrons. The monoisotopic (exact) mass is 394 g/mol. The lowest BCUT2D eigenvalue weighted by molar-refractivity contribution is 0.249. The first kappa shape index (κ1) is 15.8. The number of hydrogen-bond acceptors (Lipinski definition) is 1. The molecular formula is C17H19IN2O. The maximum atomic E-state index is 12.0. The molecule has 2 aromatic rings. The van der Waals surface area contributed by atoms with Gasteiger partial charge in [0, 0.05) is 3.57 Å². The van der Waals surface area contributed by atoms with Crippen molar-refractivity contribution in [2.45, 2.75) is 26.3 Å². The van der Waals surface area contributed by atoms with Gasteiger partial charge in [0.15, 0.2) is 0 Å². The van der Waals surface area contributed by atoms with Gasteiger partial charge in [-0.3, -0.25) is 0 Å². The summed E-state index contributed by atoms with van der Waals surface area (Å²) in [6, 6.07) is 15.8. The largest absolute Gasteiger partial charge is 0.331 e. The molecule has 2 aromatic carbocycles. The quantitative estimate of drug-likeness (QED) is 0.723. The van der Waals surface area contributed by atoms with Crippen LogP contribution in [0.4, 0.5) is 10.5 Å². The minimum Gasteiger partial charge on any atom is -0.331 e. The summed E-state index contributed by atoms with van der Waals surface area (Å²) >= 11 is 2.20. The second-order valence-corrected chi connectivity index (χ2v) is 6.06. The molecule has 1 unspecified atom stereocenters. The summed E-state index contributed by atoms with van der Waals surface area (Å²) in [7, 11) is 0. The predicted molar refractivity (Wildman–Crippen MR) is 95.5 cm³/mol. The summed E-state index contributed by atoms with van der Waals surface area (Å²) < 4.78 is 1.02. The van der Waals surface area contributed by atoms with Gasteiger partial charge in [0.25, 0.3) is 0 Å². The molecule has 0 saturated heterocycles. The molecule has 0 aliphatic carbocycles. The van der Waals surface area contributed by atoms with Gasteiger partial charge in [-0.2, -0.15) is 0 Å². The molecule has 0 bridgehead atoms. The van der Waals surface area contributed by atoms with E-state index in [0.717, 1.165) is 21.2 Å². The molecule has 0 spiro atoms. The van der Waals surface area contributed by atoms with Crippen LogP contribution in [0.1, 0.15) is 31.0 Å². The van der Waals surface area contributed by atoms with Crippen LogP contribution in [0, 0.1) is 3.57 Å². The number of urea groups is 1. The van der Waals surface area contributed by atoms with Crippen LogP contribution in [0.5, 0.6) is 0 Å². The number of benzene rings is 2. The topological polar surface area (TPSA) is 41.1 Å². The van der Waals surface area contributed by atoms with Crippen LogP contribution < -0.4 is 10.6 Å². The van der Waals surface area contributed by atoms with E-state index in [2.05, 4.69) is 64.4 Å². The molecule has 2 N–H and O–H groups in total. The Labute approximate surface area is 139 Å². The Morgan fingerprint density at radius 2 is 1.81 bits per heavy atom. The first-order valence-corrected chi connectivity index (χ1v) is 8.09. The van der Waals surface area contributed by atoms with E-state index in [-0.39, 0.29) is 12.1 Å². The third-order valence-corrected chi connectivity index (χ3v) is 4.30. The van der Waals surface area contributed by atoms with Crippen LogP contribution in [0.3, 0.4) is 0 Å². The molecule has 0 aliphatic heterocycles. The normalized spacial score (nSPS) is 11.8. The average Bonchev–Trinajstić information content (AvgIpc) is 2.49. The lowest BCUT2D eigenvalue weighted by atomic mass is 10.1. The number of carbonyl (C=O) groups excluding carboxylic acids is 1. The van der Waals surface area contributed by atoms with E-state index < -0.39 is 0 Å². The number of halogens is 1. The molecule has 0 fully saturated rings. The van der Waals surface area contributed by atoms with Gasteiger partial charge in [-0.1, -0.05) is 43.3 Å². The van der Waals surface area contributed by atoms with E-state index in [9.17, 15) is 4.79 Å². The molecule has 2 rings (SSSR count). The molecule has 4 heteroatoms. The first-order chi connectivity index (χ1) is 10.1. The Morgan fingerprint density at radius 3 is 2.43 bits per heavy atom. The molecular weight excluding hydrogens is 375 g/mol. The van der Waals surface area contributed by atoms with Crippen LogP contribution in [0.15, 0.2) is 48.5 Å². The van der Waals surface area contributed by atoms with Crippen LogP contribution >= 0.6 is 22.6 Å². The molecule has 110 valence electrons. The van der Waals surface area contributed by atoms with Crippen molar-refractivity contribution in [2.24, 2.45) is 0 Å². The van der Waals surface area contributed by atoms with Crippen molar-refractivity contribution in [1.29, 1.82) is 0 Å². The summed E-state index contributed by atoms with van der Waals surface area (Å²) in [5.74, 6) is 0. The highest BCUT2D eigenvalue weighted by molar-refractivity contribution is 14.1. The number of aryl methyl sites for hydroxylation is 1. The second kappa shape index (κ2) is 7.45. The summed E-state index contributed by atoms with van der Waals surface area (Å²) in [5.41, 5.74) is 3.23. The fourth-order valence-electron chi connectivity index (χ4n) is 2.04. The Kier molecular flexibility index (Phi) is 5.61. The SMILES string of the molecule is CCc1ccc(C(C)NC(=O)Nc2ccccc2I)cc1. The Hall–Kier alpha value is -1.56. The second-order valence-electron chi connectivity index (χ2n) is 4.90. The highest BCUT2D eigenvalue weighted by Crippen LogP contribution is 2.18. The molecule has 2 amide bonds. The van der Waals surface area contributed by atoms with E-state index in [1.54, 1.807) is 0 Å². The molecule has 3 nitrogen and oxygen atoms in total. The smallest absolute Gasteiger partial charge is 0.319 e. The maximum absolute atomic E-state index is 12.0. The molecule has 21 heavy (non-hydrogen) atoms. The lowest BCUT2D eigenvalue weighted by Crippen LogP contribution is -2.31. The van der Waals surface area contributed by atoms with E-state index >= 15 is 0 Å². The zero-order chi connectivity index (χ0) is 15.2. The van der Waals surface area contributed by atoms with Gasteiger partial charge in [-0.05, 0) is 59.2 Å². The Morgan fingerprint density at radius 1 is 1.14 bits per heavy atom. The lowest BCUT2D eigenvalue weighted by Gasteiger charge is -2.16. The highest BCUT2D eigenvalue weighted by atomic mass is 127. The van der Waals surface area contributed by atoms with Gasteiger partial charge in [-0.25, -0.2) is 4.79 Å². The Balaban J connectivity index is 1.97. The van der Waals surface area contributed by atoms with Gasteiger partial charge >= 0.3 is 6.03 Å². The van der Waals surface area contributed by atoms with Crippen molar-refractivity contribution >= 4 is 34.3 Å². The highest BCUT2D eigenvalue weighted by Gasteiger charge is 2.10. The molecule has 0 heterocycles. The van der Waals surface area contributed by atoms with Crippen molar-refractivity contribution in [3.05, 3.63) is 63.2 Å². The summed E-state index contributed by atoms with van der Waals surface area (Å²) in [5, 5.41) is 5.83. The number of amides is 2. The number of para-hydroxylation sites is 1. The minimum atomic E-state index is -0.189.